The molecule has 0 aromatic carbocycles. The van der Waals surface area contributed by atoms with Crippen molar-refractivity contribution in [2.75, 3.05) is 26.7 Å². The minimum atomic E-state index is -3.05. The fourth-order valence-electron chi connectivity index (χ4n) is 2.06. The van der Waals surface area contributed by atoms with Crippen LogP contribution in [0.3, 0.4) is 0 Å². The number of sulfonamides is 1. The van der Waals surface area contributed by atoms with E-state index in [-0.39, 0.29) is 5.25 Å². The quantitative estimate of drug-likeness (QED) is 0.718. The van der Waals surface area contributed by atoms with E-state index in [1.807, 2.05) is 0 Å². The van der Waals surface area contributed by atoms with Crippen LogP contribution >= 0.6 is 0 Å². The first-order valence-electron chi connectivity index (χ1n) is 6.25. The van der Waals surface area contributed by atoms with Crippen molar-refractivity contribution in [1.82, 2.24) is 9.62 Å². The summed E-state index contributed by atoms with van der Waals surface area (Å²) in [4.78, 5) is 0. The summed E-state index contributed by atoms with van der Waals surface area (Å²) in [6, 6.07) is 0. The van der Waals surface area contributed by atoms with Gasteiger partial charge in [0.25, 0.3) is 0 Å². The fraction of sp³-hybridized carbons (Fsp3) is 1.00. The number of nitrogens with one attached hydrogen (secondary N) is 1. The van der Waals surface area contributed by atoms with Crippen LogP contribution in [0.25, 0.3) is 0 Å². The highest BCUT2D eigenvalue weighted by Gasteiger charge is 2.30. The molecule has 0 aliphatic carbocycles. The first-order chi connectivity index (χ1) is 7.59. The summed E-state index contributed by atoms with van der Waals surface area (Å²) in [7, 11) is -1.33. The third-order valence-electron chi connectivity index (χ3n) is 3.22. The summed E-state index contributed by atoms with van der Waals surface area (Å²) in [5.74, 6) is 0. The maximum absolute atomic E-state index is 12.2. The Hall–Kier alpha value is -0.130. The molecule has 0 atom stereocenters. The Bertz CT molecular complexity index is 284. The van der Waals surface area contributed by atoms with Crippen molar-refractivity contribution < 1.29 is 8.42 Å². The lowest BCUT2D eigenvalue weighted by molar-refractivity contribution is 0.422. The van der Waals surface area contributed by atoms with Crippen molar-refractivity contribution in [2.45, 2.75) is 44.3 Å². The molecule has 1 fully saturated rings. The van der Waals surface area contributed by atoms with Crippen molar-refractivity contribution in [3.05, 3.63) is 0 Å². The van der Waals surface area contributed by atoms with E-state index < -0.39 is 10.0 Å². The molecule has 1 aliphatic heterocycles. The molecule has 5 heteroatoms. The van der Waals surface area contributed by atoms with Gasteiger partial charge < -0.3 is 5.32 Å². The average molecular weight is 248 g/mol. The maximum Gasteiger partial charge on any atom is 0.216 e. The molecule has 1 heterocycles. The van der Waals surface area contributed by atoms with Gasteiger partial charge >= 0.3 is 0 Å². The smallest absolute Gasteiger partial charge is 0.216 e. The lowest BCUT2D eigenvalue weighted by Crippen LogP contribution is -2.42. The molecule has 0 bridgehead atoms. The number of nitrogens with zero attached hydrogens (tertiary/aromatic N) is 1. The van der Waals surface area contributed by atoms with Gasteiger partial charge in [0.1, 0.15) is 0 Å². The molecule has 0 spiro atoms. The number of unbranched alkanes of at least 4 members (excludes halogenated alkanes) is 2. The van der Waals surface area contributed by atoms with E-state index in [1.165, 1.54) is 0 Å². The zero-order chi connectivity index (χ0) is 12.0. The SMILES string of the molecule is CCCCCN(C)S(=O)(=O)C1CCNCC1. The molecule has 0 aromatic rings. The van der Waals surface area contributed by atoms with Crippen molar-refractivity contribution in [3.8, 4) is 0 Å². The first-order valence-corrected chi connectivity index (χ1v) is 7.75. The van der Waals surface area contributed by atoms with E-state index in [9.17, 15) is 8.42 Å². The Labute approximate surface area is 99.5 Å². The number of piperidine rings is 1. The second kappa shape index (κ2) is 6.57. The summed E-state index contributed by atoms with van der Waals surface area (Å²) in [5, 5.41) is 3.03. The molecule has 0 saturated carbocycles. The molecule has 1 rings (SSSR count). The van der Waals surface area contributed by atoms with Crippen molar-refractivity contribution in [3.63, 3.8) is 0 Å². The minimum Gasteiger partial charge on any atom is -0.317 e. The molecular weight excluding hydrogens is 224 g/mol. The van der Waals surface area contributed by atoms with Crippen LogP contribution in [-0.2, 0) is 10.0 Å². The van der Waals surface area contributed by atoms with Crippen LogP contribution in [0.2, 0.25) is 0 Å². The van der Waals surface area contributed by atoms with Crippen LogP contribution in [0.1, 0.15) is 39.0 Å². The van der Waals surface area contributed by atoms with Crippen LogP contribution in [0.15, 0.2) is 0 Å². The van der Waals surface area contributed by atoms with E-state index in [1.54, 1.807) is 11.4 Å². The molecule has 1 saturated heterocycles. The Balaban J connectivity index is 2.47. The Morgan fingerprint density at radius 3 is 2.44 bits per heavy atom. The third-order valence-corrected chi connectivity index (χ3v) is 5.58. The van der Waals surface area contributed by atoms with Gasteiger partial charge in [0.05, 0.1) is 5.25 Å². The molecular formula is C11H24N2O2S. The normalized spacial score (nSPS) is 19.2. The highest BCUT2D eigenvalue weighted by molar-refractivity contribution is 7.89. The van der Waals surface area contributed by atoms with E-state index in [2.05, 4.69) is 12.2 Å². The number of hydrogen-bond acceptors (Lipinski definition) is 3. The topological polar surface area (TPSA) is 49.4 Å². The zero-order valence-electron chi connectivity index (χ0n) is 10.4. The summed E-state index contributed by atoms with van der Waals surface area (Å²) in [6.07, 6.45) is 4.70. The molecule has 0 radical (unpaired) electrons. The van der Waals surface area contributed by atoms with E-state index in [0.29, 0.717) is 6.54 Å². The highest BCUT2D eigenvalue weighted by Crippen LogP contribution is 2.17. The van der Waals surface area contributed by atoms with Crippen LogP contribution in [0.5, 0.6) is 0 Å². The minimum absolute atomic E-state index is 0.166. The Kier molecular flexibility index (Phi) is 5.72. The van der Waals surface area contributed by atoms with Crippen molar-refractivity contribution in [1.29, 1.82) is 0 Å². The molecule has 1 N–H and O–H groups in total. The van der Waals surface area contributed by atoms with Gasteiger partial charge in [0, 0.05) is 13.6 Å². The van der Waals surface area contributed by atoms with Gasteiger partial charge in [0.2, 0.25) is 10.0 Å². The van der Waals surface area contributed by atoms with Gasteiger partial charge in [-0.15, -0.1) is 0 Å². The first kappa shape index (κ1) is 13.9. The second-order valence-electron chi connectivity index (χ2n) is 4.52. The predicted octanol–water partition coefficient (Wildman–Crippen LogP) is 1.19. The second-order valence-corrected chi connectivity index (χ2v) is 6.84. The van der Waals surface area contributed by atoms with E-state index in [4.69, 9.17) is 0 Å². The van der Waals surface area contributed by atoms with Crippen LogP contribution < -0.4 is 5.32 Å². The van der Waals surface area contributed by atoms with Gasteiger partial charge in [-0.05, 0) is 32.4 Å². The van der Waals surface area contributed by atoms with Gasteiger partial charge in [-0.2, -0.15) is 0 Å². The van der Waals surface area contributed by atoms with Gasteiger partial charge in [-0.1, -0.05) is 19.8 Å². The molecule has 96 valence electrons. The van der Waals surface area contributed by atoms with E-state index in [0.717, 1.165) is 45.2 Å². The molecule has 4 nitrogen and oxygen atoms in total. The number of hydrogen-bond donors (Lipinski definition) is 1. The predicted molar refractivity (Wildman–Crippen MR) is 67.0 cm³/mol. The molecule has 0 amide bonds. The van der Waals surface area contributed by atoms with Crippen LogP contribution in [0.4, 0.5) is 0 Å². The third kappa shape index (κ3) is 3.71. The fourth-order valence-corrected chi connectivity index (χ4v) is 3.78. The Morgan fingerprint density at radius 2 is 1.88 bits per heavy atom. The van der Waals surface area contributed by atoms with E-state index >= 15 is 0 Å². The molecule has 0 unspecified atom stereocenters. The monoisotopic (exact) mass is 248 g/mol. The lowest BCUT2D eigenvalue weighted by Gasteiger charge is -2.27. The average Bonchev–Trinajstić information content (AvgIpc) is 2.30. The van der Waals surface area contributed by atoms with Crippen molar-refractivity contribution in [2.24, 2.45) is 0 Å². The van der Waals surface area contributed by atoms with Crippen LogP contribution in [-0.4, -0.2) is 44.7 Å². The summed E-state index contributed by atoms with van der Waals surface area (Å²) >= 11 is 0. The molecule has 16 heavy (non-hydrogen) atoms. The summed E-state index contributed by atoms with van der Waals surface area (Å²) in [5.41, 5.74) is 0. The van der Waals surface area contributed by atoms with Crippen LogP contribution in [0, 0.1) is 0 Å². The molecule has 1 aliphatic rings. The Morgan fingerprint density at radius 1 is 1.25 bits per heavy atom. The largest absolute Gasteiger partial charge is 0.317 e. The van der Waals surface area contributed by atoms with Gasteiger partial charge in [0.15, 0.2) is 0 Å². The van der Waals surface area contributed by atoms with Gasteiger partial charge in [-0.25, -0.2) is 12.7 Å². The maximum atomic E-state index is 12.2. The standard InChI is InChI=1S/C11H24N2O2S/c1-3-4-5-10-13(2)16(14,15)11-6-8-12-9-7-11/h11-12H,3-10H2,1-2H3. The zero-order valence-corrected chi connectivity index (χ0v) is 11.2. The van der Waals surface area contributed by atoms with Gasteiger partial charge in [-0.3, -0.25) is 0 Å². The highest BCUT2D eigenvalue weighted by atomic mass is 32.2. The molecule has 0 aromatic heterocycles. The number of rotatable bonds is 6. The summed E-state index contributed by atoms with van der Waals surface area (Å²) in [6.45, 7) is 4.45. The van der Waals surface area contributed by atoms with Crippen molar-refractivity contribution >= 4 is 10.0 Å². The lowest BCUT2D eigenvalue weighted by atomic mass is 10.2. The summed E-state index contributed by atoms with van der Waals surface area (Å²) < 4.78 is 25.9.